The van der Waals surface area contributed by atoms with Crippen molar-refractivity contribution in [2.24, 2.45) is 5.41 Å². The predicted octanol–water partition coefficient (Wildman–Crippen LogP) is 4.69. The van der Waals surface area contributed by atoms with Crippen molar-refractivity contribution >= 4 is 0 Å². The summed E-state index contributed by atoms with van der Waals surface area (Å²) in [4.78, 5) is 0. The van der Waals surface area contributed by atoms with Crippen molar-refractivity contribution in [1.82, 2.24) is 24.8 Å². The van der Waals surface area contributed by atoms with Crippen molar-refractivity contribution in [2.45, 2.75) is 32.7 Å². The minimum atomic E-state index is 0.140. The van der Waals surface area contributed by atoms with E-state index in [9.17, 15) is 0 Å². The number of hydrogen-bond acceptors (Lipinski definition) is 3. The van der Waals surface area contributed by atoms with E-state index < -0.39 is 0 Å². The molecule has 1 aliphatic carbocycles. The van der Waals surface area contributed by atoms with Crippen LogP contribution in [-0.2, 0) is 6.42 Å². The van der Waals surface area contributed by atoms with Crippen molar-refractivity contribution < 1.29 is 0 Å². The Labute approximate surface area is 164 Å². The minimum absolute atomic E-state index is 0.140. The summed E-state index contributed by atoms with van der Waals surface area (Å²) in [5, 5.41) is 13.7. The fourth-order valence-electron chi connectivity index (χ4n) is 4.20. The molecule has 2 heterocycles. The van der Waals surface area contributed by atoms with Gasteiger partial charge in [0, 0.05) is 11.1 Å². The lowest BCUT2D eigenvalue weighted by molar-refractivity contribution is 0.248. The second-order valence-electron chi connectivity index (χ2n) is 8.30. The summed E-state index contributed by atoms with van der Waals surface area (Å²) in [6.45, 7) is 4.64. The summed E-state index contributed by atoms with van der Waals surface area (Å²) >= 11 is 0. The zero-order valence-corrected chi connectivity index (χ0v) is 16.2. The molecule has 0 saturated heterocycles. The van der Waals surface area contributed by atoms with Crippen LogP contribution in [0.25, 0.3) is 16.9 Å². The average Bonchev–Trinajstić information content (AvgIpc) is 3.35. The summed E-state index contributed by atoms with van der Waals surface area (Å²) in [5.41, 5.74) is 5.76. The number of fused-ring (bicyclic) bond motifs is 1. The maximum absolute atomic E-state index is 4.73. The van der Waals surface area contributed by atoms with Gasteiger partial charge >= 0.3 is 0 Å². The number of benzene rings is 2. The monoisotopic (exact) mass is 369 g/mol. The molecule has 0 N–H and O–H groups in total. The van der Waals surface area contributed by atoms with E-state index >= 15 is 0 Å². The van der Waals surface area contributed by atoms with Crippen LogP contribution in [0.15, 0.2) is 73.1 Å². The van der Waals surface area contributed by atoms with Crippen molar-refractivity contribution in [3.8, 4) is 16.9 Å². The van der Waals surface area contributed by atoms with E-state index in [4.69, 9.17) is 5.10 Å². The Morgan fingerprint density at radius 2 is 1.68 bits per heavy atom. The lowest BCUT2D eigenvalue weighted by atomic mass is 9.74. The Balaban J connectivity index is 1.57. The number of aromatic nitrogens is 5. The summed E-state index contributed by atoms with van der Waals surface area (Å²) in [5.74, 6) is 0. The van der Waals surface area contributed by atoms with Gasteiger partial charge in [0.25, 0.3) is 0 Å². The van der Waals surface area contributed by atoms with Gasteiger partial charge in [0.05, 0.1) is 29.8 Å². The third kappa shape index (κ3) is 2.93. The SMILES string of the molecule is CC1(C)Cc2c(cnn2-c2ccccc2)C(n2cc(-c3ccccc3)nn2)C1. The molecule has 2 aromatic heterocycles. The Hall–Kier alpha value is -3.21. The molecule has 2 aromatic carbocycles. The molecule has 0 amide bonds. The van der Waals surface area contributed by atoms with E-state index in [1.807, 2.05) is 35.1 Å². The van der Waals surface area contributed by atoms with Gasteiger partial charge < -0.3 is 0 Å². The summed E-state index contributed by atoms with van der Waals surface area (Å²) in [6.07, 6.45) is 6.07. The molecule has 5 nitrogen and oxygen atoms in total. The van der Waals surface area contributed by atoms with E-state index in [0.29, 0.717) is 0 Å². The molecule has 0 radical (unpaired) electrons. The topological polar surface area (TPSA) is 48.5 Å². The molecule has 5 heteroatoms. The van der Waals surface area contributed by atoms with E-state index in [-0.39, 0.29) is 11.5 Å². The van der Waals surface area contributed by atoms with Gasteiger partial charge in [-0.3, -0.25) is 0 Å². The highest BCUT2D eigenvalue weighted by atomic mass is 15.4. The highest BCUT2D eigenvalue weighted by Gasteiger charge is 2.36. The van der Waals surface area contributed by atoms with Gasteiger partial charge in [-0.2, -0.15) is 5.10 Å². The van der Waals surface area contributed by atoms with Crippen molar-refractivity contribution in [3.05, 3.63) is 84.3 Å². The Morgan fingerprint density at radius 3 is 2.43 bits per heavy atom. The molecule has 1 aliphatic rings. The van der Waals surface area contributed by atoms with Gasteiger partial charge in [-0.15, -0.1) is 5.10 Å². The number of para-hydroxylation sites is 1. The molecule has 0 aliphatic heterocycles. The molecule has 1 unspecified atom stereocenters. The van der Waals surface area contributed by atoms with E-state index in [2.05, 4.69) is 71.4 Å². The number of rotatable bonds is 3. The maximum atomic E-state index is 4.73. The Kier molecular flexibility index (Phi) is 3.90. The zero-order valence-electron chi connectivity index (χ0n) is 16.2. The second kappa shape index (κ2) is 6.44. The summed E-state index contributed by atoms with van der Waals surface area (Å²) < 4.78 is 4.09. The lowest BCUT2D eigenvalue weighted by Crippen LogP contribution is -2.30. The predicted molar refractivity (Wildman–Crippen MR) is 109 cm³/mol. The molecular weight excluding hydrogens is 346 g/mol. The van der Waals surface area contributed by atoms with Gasteiger partial charge in [-0.1, -0.05) is 67.6 Å². The van der Waals surface area contributed by atoms with Crippen LogP contribution in [0.4, 0.5) is 0 Å². The van der Waals surface area contributed by atoms with Gasteiger partial charge in [-0.05, 0) is 30.4 Å². The molecule has 0 fully saturated rings. The first-order chi connectivity index (χ1) is 13.6. The quantitative estimate of drug-likeness (QED) is 0.526. The molecule has 5 rings (SSSR count). The van der Waals surface area contributed by atoms with Crippen LogP contribution in [0.2, 0.25) is 0 Å². The third-order valence-corrected chi connectivity index (χ3v) is 5.55. The fraction of sp³-hybridized carbons (Fsp3) is 0.261. The Bertz CT molecular complexity index is 1090. The van der Waals surface area contributed by atoms with Crippen LogP contribution in [0.1, 0.15) is 37.6 Å². The molecule has 0 saturated carbocycles. The normalized spacial score (nSPS) is 18.0. The Morgan fingerprint density at radius 1 is 0.964 bits per heavy atom. The number of hydrogen-bond donors (Lipinski definition) is 0. The first kappa shape index (κ1) is 16.9. The summed E-state index contributed by atoms with van der Waals surface area (Å²) in [7, 11) is 0. The molecule has 0 spiro atoms. The average molecular weight is 369 g/mol. The smallest absolute Gasteiger partial charge is 0.113 e. The van der Waals surface area contributed by atoms with Crippen LogP contribution < -0.4 is 0 Å². The van der Waals surface area contributed by atoms with Crippen LogP contribution in [0.3, 0.4) is 0 Å². The zero-order chi connectivity index (χ0) is 19.1. The van der Waals surface area contributed by atoms with Crippen LogP contribution >= 0.6 is 0 Å². The lowest BCUT2D eigenvalue weighted by Gasteiger charge is -2.35. The van der Waals surface area contributed by atoms with E-state index in [0.717, 1.165) is 29.8 Å². The minimum Gasteiger partial charge on any atom is -0.244 e. The van der Waals surface area contributed by atoms with E-state index in [1.165, 1.54) is 11.3 Å². The highest BCUT2D eigenvalue weighted by Crippen LogP contribution is 2.43. The third-order valence-electron chi connectivity index (χ3n) is 5.55. The summed E-state index contributed by atoms with van der Waals surface area (Å²) in [6, 6.07) is 20.7. The fourth-order valence-corrected chi connectivity index (χ4v) is 4.20. The molecule has 1 atom stereocenters. The van der Waals surface area contributed by atoms with Gasteiger partial charge in [0.15, 0.2) is 0 Å². The first-order valence-corrected chi connectivity index (χ1v) is 9.70. The van der Waals surface area contributed by atoms with Crippen molar-refractivity contribution in [1.29, 1.82) is 0 Å². The second-order valence-corrected chi connectivity index (χ2v) is 8.30. The molecule has 140 valence electrons. The van der Waals surface area contributed by atoms with Crippen LogP contribution in [-0.4, -0.2) is 24.8 Å². The molecular formula is C23H23N5. The highest BCUT2D eigenvalue weighted by molar-refractivity contribution is 5.57. The van der Waals surface area contributed by atoms with E-state index in [1.54, 1.807) is 0 Å². The molecule has 28 heavy (non-hydrogen) atoms. The van der Waals surface area contributed by atoms with Crippen LogP contribution in [0.5, 0.6) is 0 Å². The maximum Gasteiger partial charge on any atom is 0.113 e. The number of nitrogens with zero attached hydrogens (tertiary/aromatic N) is 5. The van der Waals surface area contributed by atoms with Gasteiger partial charge in [0.1, 0.15) is 5.69 Å². The van der Waals surface area contributed by atoms with Gasteiger partial charge in [0.2, 0.25) is 0 Å². The van der Waals surface area contributed by atoms with Crippen molar-refractivity contribution in [2.75, 3.05) is 0 Å². The molecule has 0 bridgehead atoms. The molecule has 4 aromatic rings. The largest absolute Gasteiger partial charge is 0.244 e. The van der Waals surface area contributed by atoms with Crippen molar-refractivity contribution in [3.63, 3.8) is 0 Å². The van der Waals surface area contributed by atoms with Gasteiger partial charge in [-0.25, -0.2) is 9.36 Å². The van der Waals surface area contributed by atoms with Crippen LogP contribution in [0, 0.1) is 5.41 Å². The standard InChI is InChI=1S/C23H23N5/c1-23(2)13-21(27-16-20(25-26-27)17-9-5-3-6-10-17)19-15-24-28(22(19)14-23)18-11-7-4-8-12-18/h3-12,15-16,21H,13-14H2,1-2H3. The first-order valence-electron chi connectivity index (χ1n) is 9.70.